The van der Waals surface area contributed by atoms with Crippen molar-refractivity contribution in [2.45, 2.75) is 58.8 Å². The van der Waals surface area contributed by atoms with Crippen LogP contribution < -0.4 is 10.6 Å². The molecule has 0 unspecified atom stereocenters. The standard InChI is InChI=1S/C17H31N5O2/c1-3-18-16(19-11-7-15-21-14(2)22-24-15)20-13-17(10-12-23)8-5-4-6-9-17/h23H,3-13H2,1-2H3,(H2,18,19,20). The maximum atomic E-state index is 9.42. The highest BCUT2D eigenvalue weighted by atomic mass is 16.5. The minimum atomic E-state index is 0.166. The molecule has 3 N–H and O–H groups in total. The molecule has 0 aromatic carbocycles. The molecule has 1 aliphatic carbocycles. The van der Waals surface area contributed by atoms with Crippen molar-refractivity contribution in [1.82, 2.24) is 20.8 Å². The molecule has 1 saturated carbocycles. The van der Waals surface area contributed by atoms with Crippen molar-refractivity contribution >= 4 is 5.96 Å². The van der Waals surface area contributed by atoms with Gasteiger partial charge in [0.15, 0.2) is 11.8 Å². The first kappa shape index (κ1) is 18.7. The number of aliphatic imine (C=N–C) groups is 1. The smallest absolute Gasteiger partial charge is 0.228 e. The number of aromatic nitrogens is 2. The second-order valence-corrected chi connectivity index (χ2v) is 6.64. The van der Waals surface area contributed by atoms with Crippen LogP contribution in [0.1, 0.15) is 57.2 Å². The number of aliphatic hydroxyl groups is 1. The molecule has 0 bridgehead atoms. The molecule has 0 amide bonds. The van der Waals surface area contributed by atoms with Crippen LogP contribution in [-0.2, 0) is 6.42 Å². The highest BCUT2D eigenvalue weighted by Gasteiger charge is 2.31. The first-order chi connectivity index (χ1) is 11.7. The number of guanidine groups is 1. The quantitative estimate of drug-likeness (QED) is 0.494. The second kappa shape index (κ2) is 9.61. The summed E-state index contributed by atoms with van der Waals surface area (Å²) in [5.74, 6) is 2.12. The van der Waals surface area contributed by atoms with E-state index in [2.05, 4.69) is 27.7 Å². The fourth-order valence-electron chi connectivity index (χ4n) is 3.34. The van der Waals surface area contributed by atoms with Crippen molar-refractivity contribution in [3.05, 3.63) is 11.7 Å². The number of aryl methyl sites for hydroxylation is 1. The zero-order valence-electron chi connectivity index (χ0n) is 15.0. The summed E-state index contributed by atoms with van der Waals surface area (Å²) >= 11 is 0. The van der Waals surface area contributed by atoms with E-state index >= 15 is 0 Å². The number of rotatable bonds is 8. The fourth-order valence-corrected chi connectivity index (χ4v) is 3.34. The first-order valence-electron chi connectivity index (χ1n) is 9.10. The second-order valence-electron chi connectivity index (χ2n) is 6.64. The molecule has 1 heterocycles. The molecule has 7 heteroatoms. The molecule has 0 atom stereocenters. The van der Waals surface area contributed by atoms with E-state index < -0.39 is 0 Å². The summed E-state index contributed by atoms with van der Waals surface area (Å²) < 4.78 is 5.12. The zero-order chi connectivity index (χ0) is 17.3. The van der Waals surface area contributed by atoms with Gasteiger partial charge in [-0.2, -0.15) is 4.98 Å². The predicted molar refractivity (Wildman–Crippen MR) is 93.9 cm³/mol. The maximum Gasteiger partial charge on any atom is 0.228 e. The summed E-state index contributed by atoms with van der Waals surface area (Å²) in [6.07, 6.45) is 7.64. The minimum absolute atomic E-state index is 0.166. The van der Waals surface area contributed by atoms with Gasteiger partial charge in [0.05, 0.1) is 0 Å². The first-order valence-corrected chi connectivity index (χ1v) is 9.10. The third-order valence-electron chi connectivity index (χ3n) is 4.67. The van der Waals surface area contributed by atoms with Crippen LogP contribution >= 0.6 is 0 Å². The van der Waals surface area contributed by atoms with Crippen molar-refractivity contribution in [2.24, 2.45) is 10.4 Å². The lowest BCUT2D eigenvalue weighted by Crippen LogP contribution is -2.40. The largest absolute Gasteiger partial charge is 0.396 e. The molecule has 1 aromatic heterocycles. The molecule has 1 aliphatic rings. The molecule has 2 rings (SSSR count). The van der Waals surface area contributed by atoms with Crippen LogP contribution in [0.15, 0.2) is 9.52 Å². The van der Waals surface area contributed by atoms with Crippen LogP contribution in [0.2, 0.25) is 0 Å². The van der Waals surface area contributed by atoms with Crippen LogP contribution in [0.5, 0.6) is 0 Å². The van der Waals surface area contributed by atoms with Crippen LogP contribution in [0.25, 0.3) is 0 Å². The van der Waals surface area contributed by atoms with E-state index in [4.69, 9.17) is 9.52 Å². The Morgan fingerprint density at radius 3 is 2.71 bits per heavy atom. The van der Waals surface area contributed by atoms with Gasteiger partial charge in [-0.25, -0.2) is 0 Å². The Hall–Kier alpha value is -1.63. The Labute approximate surface area is 144 Å². The monoisotopic (exact) mass is 337 g/mol. The van der Waals surface area contributed by atoms with Crippen molar-refractivity contribution < 1.29 is 9.63 Å². The summed E-state index contributed by atoms with van der Waals surface area (Å²) in [5, 5.41) is 19.8. The van der Waals surface area contributed by atoms with Crippen molar-refractivity contribution in [1.29, 1.82) is 0 Å². The molecule has 136 valence electrons. The van der Waals surface area contributed by atoms with Gasteiger partial charge in [-0.05, 0) is 38.5 Å². The number of hydrogen-bond donors (Lipinski definition) is 3. The maximum absolute atomic E-state index is 9.42. The Kier molecular flexibility index (Phi) is 7.49. The third-order valence-corrected chi connectivity index (χ3v) is 4.67. The molecule has 7 nitrogen and oxygen atoms in total. The van der Waals surface area contributed by atoms with Gasteiger partial charge >= 0.3 is 0 Å². The van der Waals surface area contributed by atoms with Gasteiger partial charge in [0.1, 0.15) is 0 Å². The number of hydrogen-bond acceptors (Lipinski definition) is 5. The number of nitrogens with one attached hydrogen (secondary N) is 2. The fraction of sp³-hybridized carbons (Fsp3) is 0.824. The van der Waals surface area contributed by atoms with Gasteiger partial charge in [-0.3, -0.25) is 4.99 Å². The van der Waals surface area contributed by atoms with Gasteiger partial charge in [-0.15, -0.1) is 0 Å². The highest BCUT2D eigenvalue weighted by molar-refractivity contribution is 5.79. The van der Waals surface area contributed by atoms with Gasteiger partial charge in [0.2, 0.25) is 5.89 Å². The van der Waals surface area contributed by atoms with E-state index in [1.165, 1.54) is 19.3 Å². The van der Waals surface area contributed by atoms with E-state index in [0.29, 0.717) is 24.7 Å². The summed E-state index contributed by atoms with van der Waals surface area (Å²) in [6, 6.07) is 0. The Balaban J connectivity index is 1.88. The minimum Gasteiger partial charge on any atom is -0.396 e. The lowest BCUT2D eigenvalue weighted by molar-refractivity contribution is 0.137. The summed E-state index contributed by atoms with van der Waals surface area (Å²) in [7, 11) is 0. The van der Waals surface area contributed by atoms with Gasteiger partial charge in [-0.1, -0.05) is 24.4 Å². The third kappa shape index (κ3) is 5.78. The molecule has 0 spiro atoms. The normalized spacial score (nSPS) is 17.7. The predicted octanol–water partition coefficient (Wildman–Crippen LogP) is 1.81. The van der Waals surface area contributed by atoms with Crippen LogP contribution in [-0.4, -0.2) is 47.4 Å². The zero-order valence-corrected chi connectivity index (χ0v) is 15.0. The van der Waals surface area contributed by atoms with Gasteiger partial charge < -0.3 is 20.3 Å². The van der Waals surface area contributed by atoms with Crippen molar-refractivity contribution in [3.63, 3.8) is 0 Å². The summed E-state index contributed by atoms with van der Waals surface area (Å²) in [6.45, 7) is 6.40. The Bertz CT molecular complexity index is 503. The van der Waals surface area contributed by atoms with Gasteiger partial charge in [0, 0.05) is 32.7 Å². The summed E-state index contributed by atoms with van der Waals surface area (Å²) in [4.78, 5) is 8.98. The topological polar surface area (TPSA) is 95.6 Å². The molecule has 0 aliphatic heterocycles. The lowest BCUT2D eigenvalue weighted by atomic mass is 9.72. The van der Waals surface area contributed by atoms with E-state index in [1.54, 1.807) is 0 Å². The molecule has 1 fully saturated rings. The SMILES string of the molecule is CCNC(=NCC1(CCO)CCCCC1)NCCc1nc(C)no1. The summed E-state index contributed by atoms with van der Waals surface area (Å²) in [5.41, 5.74) is 0.166. The lowest BCUT2D eigenvalue weighted by Gasteiger charge is -2.35. The number of aliphatic hydroxyl groups excluding tert-OH is 1. The van der Waals surface area contributed by atoms with E-state index in [9.17, 15) is 5.11 Å². The number of nitrogens with zero attached hydrogens (tertiary/aromatic N) is 3. The average Bonchev–Trinajstić information content (AvgIpc) is 2.99. The van der Waals surface area contributed by atoms with Crippen LogP contribution in [0, 0.1) is 12.3 Å². The van der Waals surface area contributed by atoms with Gasteiger partial charge in [0.25, 0.3) is 0 Å². The average molecular weight is 337 g/mol. The molecular weight excluding hydrogens is 306 g/mol. The Morgan fingerprint density at radius 1 is 1.29 bits per heavy atom. The van der Waals surface area contributed by atoms with E-state index in [0.717, 1.165) is 38.3 Å². The van der Waals surface area contributed by atoms with E-state index in [1.807, 2.05) is 6.92 Å². The van der Waals surface area contributed by atoms with Crippen LogP contribution in [0.4, 0.5) is 0 Å². The highest BCUT2D eigenvalue weighted by Crippen LogP contribution is 2.39. The van der Waals surface area contributed by atoms with Crippen LogP contribution in [0.3, 0.4) is 0 Å². The van der Waals surface area contributed by atoms with Crippen molar-refractivity contribution in [3.8, 4) is 0 Å². The molecule has 0 radical (unpaired) electrons. The van der Waals surface area contributed by atoms with E-state index in [-0.39, 0.29) is 12.0 Å². The molecule has 24 heavy (non-hydrogen) atoms. The molecule has 0 saturated heterocycles. The van der Waals surface area contributed by atoms with Crippen molar-refractivity contribution in [2.75, 3.05) is 26.2 Å². The Morgan fingerprint density at radius 2 is 2.08 bits per heavy atom. The molecular formula is C17H31N5O2. The molecule has 1 aromatic rings.